The van der Waals surface area contributed by atoms with Gasteiger partial charge in [0, 0.05) is 23.0 Å². The van der Waals surface area contributed by atoms with Gasteiger partial charge in [-0.15, -0.1) is 0 Å². The number of benzene rings is 2. The summed E-state index contributed by atoms with van der Waals surface area (Å²) in [4.78, 5) is 35.7. The first kappa shape index (κ1) is 21.0. The molecule has 0 spiro atoms. The first-order valence-electron chi connectivity index (χ1n) is 8.16. The van der Waals surface area contributed by atoms with Crippen molar-refractivity contribution in [1.82, 2.24) is 0 Å². The fraction of sp³-hybridized carbons (Fsp3) is 0.150. The minimum absolute atomic E-state index is 0.203. The topological polar surface area (TPSA) is 93.7 Å². The van der Waals surface area contributed by atoms with Crippen molar-refractivity contribution in [2.45, 2.75) is 6.92 Å². The SMILES string of the molecule is COC(=O)c1ccc(NC(=O)/C(C)=C/C(=O)Nc2ccc(OC)c(Cl)c2)cc1. The minimum atomic E-state index is -0.477. The second-order valence-corrected chi connectivity index (χ2v) is 6.10. The van der Waals surface area contributed by atoms with Gasteiger partial charge in [0.25, 0.3) is 5.91 Å². The first-order valence-corrected chi connectivity index (χ1v) is 8.54. The summed E-state index contributed by atoms with van der Waals surface area (Å²) in [6.45, 7) is 1.51. The van der Waals surface area contributed by atoms with E-state index in [4.69, 9.17) is 16.3 Å². The fourth-order valence-electron chi connectivity index (χ4n) is 2.22. The predicted molar refractivity (Wildman–Crippen MR) is 107 cm³/mol. The molecule has 0 saturated carbocycles. The third kappa shape index (κ3) is 5.59. The molecule has 0 saturated heterocycles. The number of methoxy groups -OCH3 is 2. The summed E-state index contributed by atoms with van der Waals surface area (Å²) >= 11 is 6.01. The summed E-state index contributed by atoms with van der Waals surface area (Å²) in [5.41, 5.74) is 1.52. The third-order valence-electron chi connectivity index (χ3n) is 3.69. The molecule has 0 aromatic heterocycles. The highest BCUT2D eigenvalue weighted by molar-refractivity contribution is 6.32. The Hall–Kier alpha value is -3.32. The molecule has 28 heavy (non-hydrogen) atoms. The molecule has 0 aliphatic carbocycles. The maximum atomic E-state index is 12.2. The number of halogens is 1. The number of anilines is 2. The molecule has 0 radical (unpaired) electrons. The molecular weight excluding hydrogens is 384 g/mol. The molecule has 0 aliphatic heterocycles. The van der Waals surface area contributed by atoms with Crippen LogP contribution in [0.5, 0.6) is 5.75 Å². The molecule has 146 valence electrons. The van der Waals surface area contributed by atoms with Gasteiger partial charge in [0.2, 0.25) is 5.91 Å². The number of esters is 1. The van der Waals surface area contributed by atoms with Gasteiger partial charge in [-0.05, 0) is 49.4 Å². The Bertz CT molecular complexity index is 923. The van der Waals surface area contributed by atoms with E-state index in [0.29, 0.717) is 27.7 Å². The quantitative estimate of drug-likeness (QED) is 0.568. The number of amides is 2. The molecule has 2 aromatic rings. The Morgan fingerprint density at radius 1 is 0.964 bits per heavy atom. The molecule has 0 fully saturated rings. The van der Waals surface area contributed by atoms with Gasteiger partial charge in [-0.2, -0.15) is 0 Å². The predicted octanol–water partition coefficient (Wildman–Crippen LogP) is 3.66. The van der Waals surface area contributed by atoms with Gasteiger partial charge in [0.05, 0.1) is 24.8 Å². The lowest BCUT2D eigenvalue weighted by atomic mass is 10.2. The highest BCUT2D eigenvalue weighted by Gasteiger charge is 2.10. The fourth-order valence-corrected chi connectivity index (χ4v) is 2.48. The zero-order valence-electron chi connectivity index (χ0n) is 15.5. The Morgan fingerprint density at radius 3 is 2.18 bits per heavy atom. The Kier molecular flexibility index (Phi) is 7.17. The number of hydrogen-bond donors (Lipinski definition) is 2. The van der Waals surface area contributed by atoms with Crippen LogP contribution in [0.3, 0.4) is 0 Å². The zero-order valence-corrected chi connectivity index (χ0v) is 16.3. The molecule has 0 aliphatic rings. The Morgan fingerprint density at radius 2 is 1.61 bits per heavy atom. The highest BCUT2D eigenvalue weighted by atomic mass is 35.5. The average Bonchev–Trinajstić information content (AvgIpc) is 2.68. The van der Waals surface area contributed by atoms with E-state index in [1.54, 1.807) is 30.3 Å². The number of carbonyl (C=O) groups is 3. The highest BCUT2D eigenvalue weighted by Crippen LogP contribution is 2.27. The summed E-state index contributed by atoms with van der Waals surface area (Å²) in [5, 5.41) is 5.62. The van der Waals surface area contributed by atoms with Gasteiger partial charge in [-0.25, -0.2) is 4.79 Å². The van der Waals surface area contributed by atoms with E-state index in [0.717, 1.165) is 0 Å². The van der Waals surface area contributed by atoms with Crippen LogP contribution in [-0.4, -0.2) is 32.0 Å². The van der Waals surface area contributed by atoms with Crippen LogP contribution in [0.1, 0.15) is 17.3 Å². The second-order valence-electron chi connectivity index (χ2n) is 5.69. The molecular formula is C20H19ClN2O5. The number of nitrogens with one attached hydrogen (secondary N) is 2. The third-order valence-corrected chi connectivity index (χ3v) is 3.98. The molecule has 7 nitrogen and oxygen atoms in total. The van der Waals surface area contributed by atoms with Crippen LogP contribution in [0.4, 0.5) is 11.4 Å². The maximum absolute atomic E-state index is 12.2. The van der Waals surface area contributed by atoms with Gasteiger partial charge >= 0.3 is 5.97 Å². The van der Waals surface area contributed by atoms with Crippen molar-refractivity contribution < 1.29 is 23.9 Å². The number of carbonyl (C=O) groups excluding carboxylic acids is 3. The van der Waals surface area contributed by atoms with Crippen LogP contribution >= 0.6 is 11.6 Å². The van der Waals surface area contributed by atoms with Crippen LogP contribution < -0.4 is 15.4 Å². The van der Waals surface area contributed by atoms with Crippen molar-refractivity contribution in [2.24, 2.45) is 0 Å². The smallest absolute Gasteiger partial charge is 0.337 e. The first-order chi connectivity index (χ1) is 13.3. The monoisotopic (exact) mass is 402 g/mol. The molecule has 2 aromatic carbocycles. The molecule has 2 amide bonds. The van der Waals surface area contributed by atoms with E-state index in [1.165, 1.54) is 39.4 Å². The maximum Gasteiger partial charge on any atom is 0.337 e. The molecule has 0 bridgehead atoms. The van der Waals surface area contributed by atoms with Crippen molar-refractivity contribution in [1.29, 1.82) is 0 Å². The standard InChI is InChI=1S/C20H19ClN2O5/c1-12(10-18(24)22-15-8-9-17(27-2)16(21)11-15)19(25)23-14-6-4-13(5-7-14)20(26)28-3/h4-11H,1-3H3,(H,22,24)(H,23,25)/b12-10+. The van der Waals surface area contributed by atoms with Gasteiger partial charge in [-0.1, -0.05) is 11.6 Å². The van der Waals surface area contributed by atoms with Gasteiger partial charge in [0.1, 0.15) is 5.75 Å². The van der Waals surface area contributed by atoms with Crippen LogP contribution in [0, 0.1) is 0 Å². The van der Waals surface area contributed by atoms with Crippen molar-refractivity contribution in [3.8, 4) is 5.75 Å². The van der Waals surface area contributed by atoms with E-state index in [2.05, 4.69) is 15.4 Å². The minimum Gasteiger partial charge on any atom is -0.495 e. The van der Waals surface area contributed by atoms with E-state index in [9.17, 15) is 14.4 Å². The lowest BCUT2D eigenvalue weighted by Crippen LogP contribution is -2.16. The molecule has 0 heterocycles. The number of ether oxygens (including phenoxy) is 2. The Balaban J connectivity index is 1.99. The van der Waals surface area contributed by atoms with Crippen LogP contribution in [0.25, 0.3) is 0 Å². The summed E-state index contributed by atoms with van der Waals surface area (Å²) in [7, 11) is 2.78. The van der Waals surface area contributed by atoms with Gasteiger partial charge in [-0.3, -0.25) is 9.59 Å². The normalized spacial score (nSPS) is 10.8. The lowest BCUT2D eigenvalue weighted by Gasteiger charge is -2.08. The van der Waals surface area contributed by atoms with E-state index in [1.807, 2.05) is 0 Å². The van der Waals surface area contributed by atoms with Crippen LogP contribution in [0.15, 0.2) is 54.1 Å². The Labute approximate surface area is 167 Å². The van der Waals surface area contributed by atoms with E-state index in [-0.39, 0.29) is 5.57 Å². The summed E-state index contributed by atoms with van der Waals surface area (Å²) in [5.74, 6) is -0.906. The van der Waals surface area contributed by atoms with Crippen molar-refractivity contribution in [2.75, 3.05) is 24.9 Å². The van der Waals surface area contributed by atoms with Crippen molar-refractivity contribution in [3.05, 3.63) is 64.7 Å². The number of rotatable bonds is 6. The molecule has 2 N–H and O–H groups in total. The zero-order chi connectivity index (χ0) is 20.7. The van der Waals surface area contributed by atoms with Crippen molar-refractivity contribution in [3.63, 3.8) is 0 Å². The lowest BCUT2D eigenvalue weighted by molar-refractivity contribution is -0.114. The van der Waals surface area contributed by atoms with Crippen molar-refractivity contribution >= 4 is 40.8 Å². The summed E-state index contributed by atoms with van der Waals surface area (Å²) in [6, 6.07) is 11.0. The second kappa shape index (κ2) is 9.57. The number of hydrogen-bond acceptors (Lipinski definition) is 5. The van der Waals surface area contributed by atoms with Crippen LogP contribution in [-0.2, 0) is 14.3 Å². The molecule has 0 unspecified atom stereocenters. The van der Waals surface area contributed by atoms with Gasteiger partial charge < -0.3 is 20.1 Å². The van der Waals surface area contributed by atoms with Gasteiger partial charge in [0.15, 0.2) is 0 Å². The van der Waals surface area contributed by atoms with E-state index >= 15 is 0 Å². The largest absolute Gasteiger partial charge is 0.495 e. The average molecular weight is 403 g/mol. The summed E-state index contributed by atoms with van der Waals surface area (Å²) < 4.78 is 9.66. The molecule has 0 atom stereocenters. The summed E-state index contributed by atoms with van der Waals surface area (Å²) in [6.07, 6.45) is 1.18. The molecule has 2 rings (SSSR count). The van der Waals surface area contributed by atoms with Crippen LogP contribution in [0.2, 0.25) is 5.02 Å². The molecule has 8 heteroatoms. The van der Waals surface area contributed by atoms with E-state index < -0.39 is 17.8 Å².